The van der Waals surface area contributed by atoms with Crippen LogP contribution >= 0.6 is 15.9 Å². The lowest BCUT2D eigenvalue weighted by Gasteiger charge is -2.37. The number of amides is 1. The zero-order chi connectivity index (χ0) is 14.9. The van der Waals surface area contributed by atoms with E-state index in [1.54, 1.807) is 0 Å². The van der Waals surface area contributed by atoms with Crippen molar-refractivity contribution in [2.75, 3.05) is 5.32 Å². The standard InChI is InChI=1S/C17H17BrN2O/c18-14-6-3-7-15(10-14)20-17(16(19)21)9-8-12-4-1-2-5-13(12)11-17/h1-7,10,20H,8-9,11H2,(H2,19,21). The Morgan fingerprint density at radius 2 is 1.90 bits per heavy atom. The number of hydrogen-bond acceptors (Lipinski definition) is 2. The van der Waals surface area contributed by atoms with Gasteiger partial charge in [0, 0.05) is 16.6 Å². The minimum Gasteiger partial charge on any atom is -0.371 e. The number of rotatable bonds is 3. The maximum absolute atomic E-state index is 12.1. The van der Waals surface area contributed by atoms with Crippen molar-refractivity contribution in [2.24, 2.45) is 5.73 Å². The van der Waals surface area contributed by atoms with Crippen molar-refractivity contribution >= 4 is 27.5 Å². The summed E-state index contributed by atoms with van der Waals surface area (Å²) in [7, 11) is 0. The lowest BCUT2D eigenvalue weighted by atomic mass is 9.77. The third kappa shape index (κ3) is 2.81. The van der Waals surface area contributed by atoms with Gasteiger partial charge in [0.25, 0.3) is 0 Å². The fraction of sp³-hybridized carbons (Fsp3) is 0.235. The van der Waals surface area contributed by atoms with Gasteiger partial charge in [0.15, 0.2) is 0 Å². The zero-order valence-electron chi connectivity index (χ0n) is 11.6. The highest BCUT2D eigenvalue weighted by Gasteiger charge is 2.39. The molecule has 0 saturated carbocycles. The molecule has 0 aromatic heterocycles. The minimum absolute atomic E-state index is 0.294. The summed E-state index contributed by atoms with van der Waals surface area (Å²) in [4.78, 5) is 12.1. The first-order chi connectivity index (χ1) is 10.1. The van der Waals surface area contributed by atoms with Gasteiger partial charge in [-0.3, -0.25) is 4.79 Å². The average Bonchev–Trinajstić information content (AvgIpc) is 2.47. The van der Waals surface area contributed by atoms with Crippen molar-refractivity contribution in [2.45, 2.75) is 24.8 Å². The second-order valence-electron chi connectivity index (χ2n) is 5.53. The highest BCUT2D eigenvalue weighted by molar-refractivity contribution is 9.10. The number of benzene rings is 2. The number of carbonyl (C=O) groups is 1. The first-order valence-electron chi connectivity index (χ1n) is 6.99. The molecule has 0 aliphatic heterocycles. The largest absolute Gasteiger partial charge is 0.371 e. The Balaban J connectivity index is 1.93. The molecule has 0 saturated heterocycles. The van der Waals surface area contributed by atoms with Gasteiger partial charge in [0.2, 0.25) is 5.91 Å². The minimum atomic E-state index is -0.713. The summed E-state index contributed by atoms with van der Waals surface area (Å²) in [6.07, 6.45) is 2.21. The molecule has 2 aromatic carbocycles. The van der Waals surface area contributed by atoms with Crippen LogP contribution < -0.4 is 11.1 Å². The number of nitrogens with two attached hydrogens (primary N) is 1. The number of halogens is 1. The third-order valence-corrected chi connectivity index (χ3v) is 4.60. The molecule has 1 unspecified atom stereocenters. The summed E-state index contributed by atoms with van der Waals surface area (Å²) < 4.78 is 0.975. The van der Waals surface area contributed by atoms with Crippen LogP contribution in [0, 0.1) is 0 Å². The van der Waals surface area contributed by atoms with E-state index < -0.39 is 5.54 Å². The number of nitrogens with one attached hydrogen (secondary N) is 1. The predicted octanol–water partition coefficient (Wildman–Crippen LogP) is 3.27. The Hall–Kier alpha value is -1.81. The molecule has 0 bridgehead atoms. The van der Waals surface area contributed by atoms with Crippen molar-refractivity contribution in [3.8, 4) is 0 Å². The highest BCUT2D eigenvalue weighted by atomic mass is 79.9. The van der Waals surface area contributed by atoms with E-state index in [0.717, 1.165) is 16.6 Å². The van der Waals surface area contributed by atoms with Crippen molar-refractivity contribution < 1.29 is 4.79 Å². The van der Waals surface area contributed by atoms with E-state index in [2.05, 4.69) is 33.4 Å². The van der Waals surface area contributed by atoms with Gasteiger partial charge in [-0.25, -0.2) is 0 Å². The molecular weight excluding hydrogens is 328 g/mol. The predicted molar refractivity (Wildman–Crippen MR) is 88.2 cm³/mol. The molecule has 3 N–H and O–H groups in total. The number of carbonyl (C=O) groups excluding carboxylic acids is 1. The molecule has 0 heterocycles. The molecule has 1 aliphatic carbocycles. The van der Waals surface area contributed by atoms with Gasteiger partial charge in [0.1, 0.15) is 5.54 Å². The summed E-state index contributed by atoms with van der Waals surface area (Å²) in [5.74, 6) is -0.294. The topological polar surface area (TPSA) is 55.1 Å². The molecule has 0 spiro atoms. The molecule has 1 aliphatic rings. The summed E-state index contributed by atoms with van der Waals surface area (Å²) in [6, 6.07) is 16.1. The smallest absolute Gasteiger partial charge is 0.243 e. The first kappa shape index (κ1) is 14.1. The second-order valence-corrected chi connectivity index (χ2v) is 6.44. The lowest BCUT2D eigenvalue weighted by molar-refractivity contribution is -0.122. The fourth-order valence-corrected chi connectivity index (χ4v) is 3.36. The highest BCUT2D eigenvalue weighted by Crippen LogP contribution is 2.32. The van der Waals surface area contributed by atoms with Crippen molar-refractivity contribution in [3.05, 3.63) is 64.1 Å². The van der Waals surface area contributed by atoms with E-state index in [0.29, 0.717) is 12.8 Å². The van der Waals surface area contributed by atoms with Crippen LogP contribution in [0.2, 0.25) is 0 Å². The molecular formula is C17H17BrN2O. The quantitative estimate of drug-likeness (QED) is 0.897. The summed E-state index contributed by atoms with van der Waals surface area (Å²) in [6.45, 7) is 0. The number of primary amides is 1. The SMILES string of the molecule is NC(=O)C1(Nc2cccc(Br)c2)CCc2ccccc2C1. The first-order valence-corrected chi connectivity index (χ1v) is 7.79. The van der Waals surface area contributed by atoms with E-state index in [1.165, 1.54) is 11.1 Å². The van der Waals surface area contributed by atoms with Crippen LogP contribution in [-0.4, -0.2) is 11.4 Å². The molecule has 3 rings (SSSR count). The summed E-state index contributed by atoms with van der Waals surface area (Å²) >= 11 is 3.45. The van der Waals surface area contributed by atoms with Gasteiger partial charge in [-0.2, -0.15) is 0 Å². The van der Waals surface area contributed by atoms with Crippen LogP contribution in [0.15, 0.2) is 53.0 Å². The van der Waals surface area contributed by atoms with Crippen molar-refractivity contribution in [3.63, 3.8) is 0 Å². The molecule has 2 aromatic rings. The zero-order valence-corrected chi connectivity index (χ0v) is 13.2. The van der Waals surface area contributed by atoms with Crippen molar-refractivity contribution in [1.82, 2.24) is 0 Å². The van der Waals surface area contributed by atoms with Gasteiger partial charge in [-0.05, 0) is 42.2 Å². The Morgan fingerprint density at radius 3 is 2.62 bits per heavy atom. The van der Waals surface area contributed by atoms with E-state index in [1.807, 2.05) is 36.4 Å². The Kier molecular flexibility index (Phi) is 3.72. The monoisotopic (exact) mass is 344 g/mol. The van der Waals surface area contributed by atoms with Crippen LogP contribution in [0.5, 0.6) is 0 Å². The molecule has 4 heteroatoms. The average molecular weight is 345 g/mol. The van der Waals surface area contributed by atoms with E-state index in [-0.39, 0.29) is 5.91 Å². The van der Waals surface area contributed by atoms with E-state index in [9.17, 15) is 4.79 Å². The Bertz CT molecular complexity index is 686. The van der Waals surface area contributed by atoms with Crippen LogP contribution in [0.25, 0.3) is 0 Å². The van der Waals surface area contributed by atoms with Crippen LogP contribution in [0.1, 0.15) is 17.5 Å². The number of anilines is 1. The van der Waals surface area contributed by atoms with Gasteiger partial charge < -0.3 is 11.1 Å². The molecule has 3 nitrogen and oxygen atoms in total. The fourth-order valence-electron chi connectivity index (χ4n) is 2.96. The lowest BCUT2D eigenvalue weighted by Crippen LogP contribution is -2.54. The van der Waals surface area contributed by atoms with E-state index in [4.69, 9.17) is 5.73 Å². The molecule has 108 valence electrons. The van der Waals surface area contributed by atoms with Crippen LogP contribution in [-0.2, 0) is 17.6 Å². The Labute approximate surface area is 132 Å². The maximum atomic E-state index is 12.1. The molecule has 21 heavy (non-hydrogen) atoms. The van der Waals surface area contributed by atoms with Gasteiger partial charge in [-0.1, -0.05) is 46.3 Å². The molecule has 1 amide bonds. The number of aryl methyl sites for hydroxylation is 1. The maximum Gasteiger partial charge on any atom is 0.243 e. The summed E-state index contributed by atoms with van der Waals surface area (Å²) in [5.41, 5.74) is 8.43. The second kappa shape index (κ2) is 5.53. The number of hydrogen-bond donors (Lipinski definition) is 2. The van der Waals surface area contributed by atoms with Crippen molar-refractivity contribution in [1.29, 1.82) is 0 Å². The van der Waals surface area contributed by atoms with Crippen LogP contribution in [0.3, 0.4) is 0 Å². The van der Waals surface area contributed by atoms with E-state index >= 15 is 0 Å². The normalized spacial score (nSPS) is 20.6. The van der Waals surface area contributed by atoms with Gasteiger partial charge in [-0.15, -0.1) is 0 Å². The van der Waals surface area contributed by atoms with Crippen LogP contribution in [0.4, 0.5) is 5.69 Å². The molecule has 1 atom stereocenters. The Morgan fingerprint density at radius 1 is 1.14 bits per heavy atom. The third-order valence-electron chi connectivity index (χ3n) is 4.11. The molecule has 0 radical (unpaired) electrons. The number of fused-ring (bicyclic) bond motifs is 1. The molecule has 0 fully saturated rings. The van der Waals surface area contributed by atoms with Gasteiger partial charge in [0.05, 0.1) is 0 Å². The van der Waals surface area contributed by atoms with Gasteiger partial charge >= 0.3 is 0 Å². The summed E-state index contributed by atoms with van der Waals surface area (Å²) in [5, 5.41) is 3.37.